The molecule has 0 spiro atoms. The Morgan fingerprint density at radius 3 is 2.59 bits per heavy atom. The van der Waals surface area contributed by atoms with Crippen molar-refractivity contribution in [3.05, 3.63) is 28.3 Å². The van der Waals surface area contributed by atoms with Crippen molar-refractivity contribution in [2.45, 2.75) is 18.7 Å². The number of hydrogen-bond acceptors (Lipinski definition) is 4. The van der Waals surface area contributed by atoms with E-state index in [0.717, 1.165) is 10.5 Å². The summed E-state index contributed by atoms with van der Waals surface area (Å²) in [5.41, 5.74) is 1.06. The molecular formula is C12H13ClO3S. The average Bonchev–Trinajstić information content (AvgIpc) is 2.31. The third-order valence-corrected chi connectivity index (χ3v) is 3.33. The molecule has 0 N–H and O–H groups in total. The molecule has 1 aromatic rings. The molecule has 3 nitrogen and oxygen atoms in total. The van der Waals surface area contributed by atoms with Crippen molar-refractivity contribution < 1.29 is 14.3 Å². The van der Waals surface area contributed by atoms with Crippen molar-refractivity contribution in [3.8, 4) is 0 Å². The maximum absolute atomic E-state index is 11.8. The second-order valence-corrected chi connectivity index (χ2v) is 4.61. The van der Waals surface area contributed by atoms with Crippen LogP contribution in [0.2, 0.25) is 5.02 Å². The van der Waals surface area contributed by atoms with Crippen LogP contribution in [0.15, 0.2) is 17.0 Å². The number of rotatable bonds is 4. The molecule has 0 fully saturated rings. The van der Waals surface area contributed by atoms with Gasteiger partial charge in [-0.05, 0) is 37.8 Å². The second-order valence-electron chi connectivity index (χ2n) is 3.33. The molecule has 5 heteroatoms. The molecule has 0 atom stereocenters. The van der Waals surface area contributed by atoms with Crippen LogP contribution in [0, 0.1) is 6.92 Å². The predicted molar refractivity (Wildman–Crippen MR) is 68.9 cm³/mol. The zero-order chi connectivity index (χ0) is 13.0. The van der Waals surface area contributed by atoms with Crippen LogP contribution >= 0.6 is 23.4 Å². The molecule has 0 saturated carbocycles. The van der Waals surface area contributed by atoms with Crippen molar-refractivity contribution in [1.82, 2.24) is 0 Å². The normalized spacial score (nSPS) is 10.1. The third-order valence-electron chi connectivity index (χ3n) is 2.25. The van der Waals surface area contributed by atoms with Crippen molar-refractivity contribution in [2.24, 2.45) is 0 Å². The first kappa shape index (κ1) is 14.1. The second kappa shape index (κ2) is 6.07. The fourth-order valence-corrected chi connectivity index (χ4v) is 2.35. The maximum Gasteiger partial charge on any atom is 0.379 e. The van der Waals surface area contributed by atoms with E-state index in [2.05, 4.69) is 4.74 Å². The van der Waals surface area contributed by atoms with Gasteiger partial charge in [0.05, 0.1) is 6.61 Å². The van der Waals surface area contributed by atoms with Crippen molar-refractivity contribution in [1.29, 1.82) is 0 Å². The van der Waals surface area contributed by atoms with Crippen LogP contribution in [0.25, 0.3) is 0 Å². The van der Waals surface area contributed by atoms with E-state index >= 15 is 0 Å². The Kier molecular flexibility index (Phi) is 5.02. The molecule has 0 unspecified atom stereocenters. The lowest BCUT2D eigenvalue weighted by Gasteiger charge is -2.09. The van der Waals surface area contributed by atoms with Crippen molar-refractivity contribution >= 4 is 35.1 Å². The van der Waals surface area contributed by atoms with E-state index in [-0.39, 0.29) is 6.61 Å². The van der Waals surface area contributed by atoms with Gasteiger partial charge < -0.3 is 4.74 Å². The van der Waals surface area contributed by atoms with Crippen LogP contribution in [0.3, 0.4) is 0 Å². The van der Waals surface area contributed by atoms with E-state index in [1.807, 2.05) is 6.26 Å². The van der Waals surface area contributed by atoms with Gasteiger partial charge >= 0.3 is 5.97 Å². The Balaban J connectivity index is 3.17. The van der Waals surface area contributed by atoms with Gasteiger partial charge in [-0.1, -0.05) is 11.6 Å². The number of halogens is 1. The zero-order valence-electron chi connectivity index (χ0n) is 9.87. The summed E-state index contributed by atoms with van der Waals surface area (Å²) in [6.45, 7) is 3.62. The first-order valence-corrected chi connectivity index (χ1v) is 6.67. The van der Waals surface area contributed by atoms with Gasteiger partial charge in [-0.2, -0.15) is 0 Å². The number of Topliss-reactive ketones (excluding diaryl/α,β-unsaturated/α-hetero) is 1. The predicted octanol–water partition coefficient (Wildman–Crippen LogP) is 3.12. The largest absolute Gasteiger partial charge is 0.460 e. The Morgan fingerprint density at radius 1 is 1.41 bits per heavy atom. The maximum atomic E-state index is 11.8. The molecule has 0 heterocycles. The van der Waals surface area contributed by atoms with Crippen LogP contribution in [-0.2, 0) is 9.53 Å². The Labute approximate surface area is 109 Å². The molecule has 17 heavy (non-hydrogen) atoms. The van der Waals surface area contributed by atoms with Crippen molar-refractivity contribution in [2.75, 3.05) is 12.9 Å². The van der Waals surface area contributed by atoms with Gasteiger partial charge in [0.2, 0.25) is 0 Å². The zero-order valence-corrected chi connectivity index (χ0v) is 11.4. The monoisotopic (exact) mass is 272 g/mol. The van der Waals surface area contributed by atoms with Gasteiger partial charge in [0.15, 0.2) is 0 Å². The average molecular weight is 273 g/mol. The summed E-state index contributed by atoms with van der Waals surface area (Å²) >= 11 is 7.39. The molecule has 92 valence electrons. The Hall–Kier alpha value is -1.000. The van der Waals surface area contributed by atoms with Crippen LogP contribution in [-0.4, -0.2) is 24.6 Å². The molecular weight excluding hydrogens is 260 g/mol. The highest BCUT2D eigenvalue weighted by Crippen LogP contribution is 2.27. The van der Waals surface area contributed by atoms with Gasteiger partial charge in [0.25, 0.3) is 5.78 Å². The summed E-state index contributed by atoms with van der Waals surface area (Å²) in [6, 6.07) is 3.26. The fraction of sp³-hybridized carbons (Fsp3) is 0.333. The first-order chi connectivity index (χ1) is 8.01. The van der Waals surface area contributed by atoms with Gasteiger partial charge in [-0.25, -0.2) is 4.79 Å². The number of hydrogen-bond donors (Lipinski definition) is 0. The molecule has 0 aromatic heterocycles. The molecule has 0 bridgehead atoms. The van der Waals surface area contributed by atoms with Crippen LogP contribution in [0.5, 0.6) is 0 Å². The van der Waals surface area contributed by atoms with Crippen LogP contribution in [0.4, 0.5) is 0 Å². The molecule has 1 rings (SSSR count). The number of ketones is 1. The van der Waals surface area contributed by atoms with Gasteiger partial charge in [-0.3, -0.25) is 4.79 Å². The summed E-state index contributed by atoms with van der Waals surface area (Å²) < 4.78 is 4.69. The molecule has 0 aliphatic rings. The summed E-state index contributed by atoms with van der Waals surface area (Å²) in [7, 11) is 0. The number of benzene rings is 1. The minimum atomic E-state index is -0.843. The van der Waals surface area contributed by atoms with E-state index < -0.39 is 11.8 Å². The summed E-state index contributed by atoms with van der Waals surface area (Å²) in [5, 5.41) is 0.438. The van der Waals surface area contributed by atoms with Gasteiger partial charge in [0, 0.05) is 15.5 Å². The highest BCUT2D eigenvalue weighted by molar-refractivity contribution is 7.98. The topological polar surface area (TPSA) is 43.4 Å². The van der Waals surface area contributed by atoms with Crippen LogP contribution < -0.4 is 0 Å². The molecule has 1 aromatic carbocycles. The lowest BCUT2D eigenvalue weighted by molar-refractivity contribution is -0.137. The quantitative estimate of drug-likeness (QED) is 0.366. The number of carbonyl (C=O) groups excluding carboxylic acids is 2. The number of esters is 1. The minimum absolute atomic E-state index is 0.180. The lowest BCUT2D eigenvalue weighted by Crippen LogP contribution is -2.18. The first-order valence-electron chi connectivity index (χ1n) is 5.06. The van der Waals surface area contributed by atoms with E-state index in [9.17, 15) is 9.59 Å². The Morgan fingerprint density at radius 2 is 2.06 bits per heavy atom. The number of ether oxygens (including phenoxy) is 1. The Bertz CT molecular complexity index is 457. The number of thioether (sulfide) groups is 1. The van der Waals surface area contributed by atoms with Gasteiger partial charge in [0.1, 0.15) is 0 Å². The van der Waals surface area contributed by atoms with Gasteiger partial charge in [-0.15, -0.1) is 11.8 Å². The van der Waals surface area contributed by atoms with E-state index in [0.29, 0.717) is 10.6 Å². The molecule has 0 saturated heterocycles. The molecule has 0 aliphatic carbocycles. The fourth-order valence-electron chi connectivity index (χ4n) is 1.41. The molecule has 0 amide bonds. The third kappa shape index (κ3) is 3.23. The highest BCUT2D eigenvalue weighted by Gasteiger charge is 2.21. The minimum Gasteiger partial charge on any atom is -0.460 e. The van der Waals surface area contributed by atoms with Crippen molar-refractivity contribution in [3.63, 3.8) is 0 Å². The SMILES string of the molecule is CCOC(=O)C(=O)c1cc(Cl)cc(SC)c1C. The smallest absolute Gasteiger partial charge is 0.379 e. The molecule has 0 aliphatic heterocycles. The van der Waals surface area contributed by atoms with Crippen LogP contribution in [0.1, 0.15) is 22.8 Å². The van der Waals surface area contributed by atoms with E-state index in [1.165, 1.54) is 17.8 Å². The van der Waals surface area contributed by atoms with E-state index in [4.69, 9.17) is 11.6 Å². The van der Waals surface area contributed by atoms with E-state index in [1.54, 1.807) is 19.9 Å². The summed E-state index contributed by atoms with van der Waals surface area (Å²) in [6.07, 6.45) is 1.89. The standard InChI is InChI=1S/C12H13ClO3S/c1-4-16-12(15)11(14)9-5-8(13)6-10(17-3)7(9)2/h5-6H,4H2,1-3H3. The molecule has 0 radical (unpaired) electrons. The highest BCUT2D eigenvalue weighted by atomic mass is 35.5. The summed E-state index contributed by atoms with van der Waals surface area (Å²) in [5.74, 6) is -1.49. The lowest BCUT2D eigenvalue weighted by atomic mass is 10.0. The number of carbonyl (C=O) groups is 2. The summed E-state index contributed by atoms with van der Waals surface area (Å²) in [4.78, 5) is 24.1.